The molecule has 0 fully saturated rings. The number of rotatable bonds is 8. The number of aromatic nitrogens is 2. The van der Waals surface area contributed by atoms with Gasteiger partial charge in [0, 0.05) is 12.6 Å². The Morgan fingerprint density at radius 3 is 2.29 bits per heavy atom. The summed E-state index contributed by atoms with van der Waals surface area (Å²) in [5, 5.41) is 0.383. The van der Waals surface area contributed by atoms with E-state index >= 15 is 0 Å². The maximum absolute atomic E-state index is 12.7. The first-order valence-corrected chi connectivity index (χ1v) is 9.98. The van der Waals surface area contributed by atoms with Crippen molar-refractivity contribution >= 4 is 16.8 Å². The zero-order valence-corrected chi connectivity index (χ0v) is 18.4. The standard InChI is InChI=1S/C23H27N3O5/c1-6-26(22(27)13-31-16-8-14(2)7-15(3)9-16)12-21-24-18-11-20(30-5)19(29-4)10-17(18)23(28)25-21/h7-11H,6,12-13H2,1-5H3,(H,24,25,28). The lowest BCUT2D eigenvalue weighted by Gasteiger charge is -2.21. The molecule has 0 saturated carbocycles. The second-order valence-corrected chi connectivity index (χ2v) is 7.26. The van der Waals surface area contributed by atoms with E-state index in [1.807, 2.05) is 39.0 Å². The van der Waals surface area contributed by atoms with Crippen LogP contribution in [0.3, 0.4) is 0 Å². The van der Waals surface area contributed by atoms with Crippen LogP contribution < -0.4 is 19.8 Å². The fourth-order valence-corrected chi connectivity index (χ4v) is 3.40. The molecule has 0 saturated heterocycles. The van der Waals surface area contributed by atoms with Gasteiger partial charge in [-0.3, -0.25) is 9.59 Å². The van der Waals surface area contributed by atoms with E-state index in [0.29, 0.717) is 40.5 Å². The number of nitrogens with zero attached hydrogens (tertiary/aromatic N) is 2. The SMILES string of the molecule is CCN(Cc1nc2cc(OC)c(OC)cc2c(=O)[nH]1)C(=O)COc1cc(C)cc(C)c1. The van der Waals surface area contributed by atoms with Crippen molar-refractivity contribution in [2.24, 2.45) is 0 Å². The van der Waals surface area contributed by atoms with Gasteiger partial charge < -0.3 is 24.1 Å². The minimum Gasteiger partial charge on any atom is -0.493 e. The molecule has 0 aliphatic heterocycles. The van der Waals surface area contributed by atoms with Gasteiger partial charge >= 0.3 is 0 Å². The molecular formula is C23H27N3O5. The number of H-pyrrole nitrogens is 1. The number of ether oxygens (including phenoxy) is 3. The van der Waals surface area contributed by atoms with Gasteiger partial charge in [0.1, 0.15) is 11.6 Å². The zero-order valence-electron chi connectivity index (χ0n) is 18.4. The lowest BCUT2D eigenvalue weighted by molar-refractivity contribution is -0.133. The Bertz CT molecular complexity index is 1140. The molecule has 0 aliphatic carbocycles. The minimum atomic E-state index is -0.309. The quantitative estimate of drug-likeness (QED) is 0.596. The first-order chi connectivity index (χ1) is 14.8. The molecule has 164 valence electrons. The van der Waals surface area contributed by atoms with Crippen LogP contribution >= 0.6 is 0 Å². The molecule has 0 unspecified atom stereocenters. The second kappa shape index (κ2) is 9.51. The van der Waals surface area contributed by atoms with E-state index < -0.39 is 0 Å². The molecule has 0 aliphatic rings. The molecule has 0 bridgehead atoms. The highest BCUT2D eigenvalue weighted by atomic mass is 16.5. The largest absolute Gasteiger partial charge is 0.493 e. The number of hydrogen-bond acceptors (Lipinski definition) is 6. The van der Waals surface area contributed by atoms with Gasteiger partial charge in [-0.25, -0.2) is 4.98 Å². The van der Waals surface area contributed by atoms with Crippen LogP contribution in [0.15, 0.2) is 35.1 Å². The average Bonchev–Trinajstić information content (AvgIpc) is 2.74. The van der Waals surface area contributed by atoms with Crippen LogP contribution in [0.4, 0.5) is 0 Å². The van der Waals surface area contributed by atoms with Crippen molar-refractivity contribution < 1.29 is 19.0 Å². The number of hydrogen-bond donors (Lipinski definition) is 1. The Hall–Kier alpha value is -3.55. The van der Waals surface area contributed by atoms with Crippen LogP contribution in [0.25, 0.3) is 10.9 Å². The molecule has 1 amide bonds. The average molecular weight is 425 g/mol. The maximum atomic E-state index is 12.7. The van der Waals surface area contributed by atoms with Crippen molar-refractivity contribution in [3.8, 4) is 17.2 Å². The molecule has 8 heteroatoms. The fourth-order valence-electron chi connectivity index (χ4n) is 3.40. The van der Waals surface area contributed by atoms with Crippen molar-refractivity contribution in [3.63, 3.8) is 0 Å². The molecule has 0 radical (unpaired) electrons. The van der Waals surface area contributed by atoms with Crippen LogP contribution in [-0.4, -0.2) is 48.1 Å². The lowest BCUT2D eigenvalue weighted by Crippen LogP contribution is -2.35. The van der Waals surface area contributed by atoms with Gasteiger partial charge in [-0.1, -0.05) is 6.07 Å². The number of methoxy groups -OCH3 is 2. The third-order valence-corrected chi connectivity index (χ3v) is 4.89. The fraction of sp³-hybridized carbons (Fsp3) is 0.348. The topological polar surface area (TPSA) is 93.8 Å². The van der Waals surface area contributed by atoms with Gasteiger partial charge in [-0.15, -0.1) is 0 Å². The summed E-state index contributed by atoms with van der Waals surface area (Å²) >= 11 is 0. The van der Waals surface area contributed by atoms with Crippen molar-refractivity contribution in [2.75, 3.05) is 27.4 Å². The van der Waals surface area contributed by atoms with Crippen molar-refractivity contribution in [2.45, 2.75) is 27.3 Å². The number of amides is 1. The van der Waals surface area contributed by atoms with Crippen LogP contribution in [0.2, 0.25) is 0 Å². The highest BCUT2D eigenvalue weighted by Gasteiger charge is 2.16. The maximum Gasteiger partial charge on any atom is 0.260 e. The molecule has 0 spiro atoms. The predicted octanol–water partition coefficient (Wildman–Crippen LogP) is 2.98. The van der Waals surface area contributed by atoms with E-state index in [-0.39, 0.29) is 24.6 Å². The Morgan fingerprint density at radius 1 is 1.03 bits per heavy atom. The minimum absolute atomic E-state index is 0.0977. The third-order valence-electron chi connectivity index (χ3n) is 4.89. The molecule has 1 N–H and O–H groups in total. The summed E-state index contributed by atoms with van der Waals surface area (Å²) in [7, 11) is 3.02. The molecule has 31 heavy (non-hydrogen) atoms. The van der Waals surface area contributed by atoms with E-state index in [1.54, 1.807) is 17.0 Å². The molecule has 3 aromatic rings. The lowest BCUT2D eigenvalue weighted by atomic mass is 10.1. The number of fused-ring (bicyclic) bond motifs is 1. The highest BCUT2D eigenvalue weighted by molar-refractivity contribution is 5.82. The Morgan fingerprint density at radius 2 is 1.68 bits per heavy atom. The van der Waals surface area contributed by atoms with Gasteiger partial charge in [-0.05, 0) is 50.1 Å². The normalized spacial score (nSPS) is 10.7. The van der Waals surface area contributed by atoms with Crippen LogP contribution in [0.5, 0.6) is 17.2 Å². The van der Waals surface area contributed by atoms with Gasteiger partial charge in [0.25, 0.3) is 11.5 Å². The monoisotopic (exact) mass is 425 g/mol. The van der Waals surface area contributed by atoms with Crippen molar-refractivity contribution in [1.29, 1.82) is 0 Å². The Labute approximate surface area is 180 Å². The van der Waals surface area contributed by atoms with E-state index in [9.17, 15) is 9.59 Å². The van der Waals surface area contributed by atoms with Crippen LogP contribution in [-0.2, 0) is 11.3 Å². The summed E-state index contributed by atoms with van der Waals surface area (Å²) in [4.78, 5) is 34.1. The summed E-state index contributed by atoms with van der Waals surface area (Å²) in [5.41, 5.74) is 2.29. The predicted molar refractivity (Wildman–Crippen MR) is 118 cm³/mol. The Kier molecular flexibility index (Phi) is 6.79. The molecular weight excluding hydrogens is 398 g/mol. The van der Waals surface area contributed by atoms with Gasteiger partial charge in [0.15, 0.2) is 18.1 Å². The number of aryl methyl sites for hydroxylation is 2. The summed E-state index contributed by atoms with van der Waals surface area (Å²) in [6.07, 6.45) is 0. The summed E-state index contributed by atoms with van der Waals surface area (Å²) in [5.74, 6) is 1.76. The molecule has 1 heterocycles. The summed E-state index contributed by atoms with van der Waals surface area (Å²) in [6.45, 7) is 6.33. The number of carbonyl (C=O) groups excluding carboxylic acids is 1. The first kappa shape index (κ1) is 22.1. The van der Waals surface area contributed by atoms with Crippen LogP contribution in [0.1, 0.15) is 23.9 Å². The number of aromatic amines is 1. The highest BCUT2D eigenvalue weighted by Crippen LogP contribution is 2.30. The third kappa shape index (κ3) is 5.14. The van der Waals surface area contributed by atoms with E-state index in [1.165, 1.54) is 14.2 Å². The first-order valence-electron chi connectivity index (χ1n) is 9.98. The van der Waals surface area contributed by atoms with Gasteiger partial charge in [-0.2, -0.15) is 0 Å². The van der Waals surface area contributed by atoms with Crippen molar-refractivity contribution in [3.05, 3.63) is 57.6 Å². The number of benzene rings is 2. The molecule has 1 aromatic heterocycles. The summed E-state index contributed by atoms with van der Waals surface area (Å²) in [6, 6.07) is 9.05. The van der Waals surface area contributed by atoms with Gasteiger partial charge in [0.2, 0.25) is 0 Å². The number of likely N-dealkylation sites (N-methyl/N-ethyl adjacent to an activating group) is 1. The van der Waals surface area contributed by atoms with Gasteiger partial charge in [0.05, 0.1) is 31.7 Å². The summed E-state index contributed by atoms with van der Waals surface area (Å²) < 4.78 is 16.2. The van der Waals surface area contributed by atoms with Crippen LogP contribution in [0, 0.1) is 13.8 Å². The van der Waals surface area contributed by atoms with E-state index in [4.69, 9.17) is 14.2 Å². The molecule has 8 nitrogen and oxygen atoms in total. The zero-order chi connectivity index (χ0) is 22.5. The van der Waals surface area contributed by atoms with Crippen molar-refractivity contribution in [1.82, 2.24) is 14.9 Å². The Balaban J connectivity index is 1.78. The molecule has 2 aromatic carbocycles. The number of nitrogens with one attached hydrogen (secondary N) is 1. The molecule has 3 rings (SSSR count). The second-order valence-electron chi connectivity index (χ2n) is 7.26. The smallest absolute Gasteiger partial charge is 0.260 e. The number of carbonyl (C=O) groups is 1. The molecule has 0 atom stereocenters. The van der Waals surface area contributed by atoms with E-state index in [0.717, 1.165) is 11.1 Å². The van der Waals surface area contributed by atoms with E-state index in [2.05, 4.69) is 9.97 Å².